The molecule has 0 spiro atoms. The summed E-state index contributed by atoms with van der Waals surface area (Å²) < 4.78 is 1.09. The Labute approximate surface area is 114 Å². The highest BCUT2D eigenvalue weighted by Gasteiger charge is 2.39. The average Bonchev–Trinajstić information content (AvgIpc) is 2.53. The van der Waals surface area contributed by atoms with E-state index in [1.165, 1.54) is 10.4 Å². The van der Waals surface area contributed by atoms with E-state index in [4.69, 9.17) is 0 Å². The Bertz CT molecular complexity index is 450. The van der Waals surface area contributed by atoms with Gasteiger partial charge in [0.2, 0.25) is 0 Å². The maximum absolute atomic E-state index is 11.3. The van der Waals surface area contributed by atoms with Crippen molar-refractivity contribution in [2.24, 2.45) is 5.41 Å². The van der Waals surface area contributed by atoms with E-state index in [1.807, 2.05) is 0 Å². The average molecular weight is 318 g/mol. The van der Waals surface area contributed by atoms with E-state index in [2.05, 4.69) is 42.8 Å². The van der Waals surface area contributed by atoms with Crippen LogP contribution in [0.1, 0.15) is 37.3 Å². The lowest BCUT2D eigenvalue weighted by molar-refractivity contribution is 0.0780. The molecule has 2 rings (SSSR count). The van der Waals surface area contributed by atoms with Crippen LogP contribution in [-0.4, -0.2) is 22.6 Å². The molecular formula is C12H16BrNO2S. The Morgan fingerprint density at radius 3 is 2.76 bits per heavy atom. The zero-order valence-corrected chi connectivity index (χ0v) is 12.6. The number of fused-ring (bicyclic) bond motifs is 1. The van der Waals surface area contributed by atoms with Gasteiger partial charge in [-0.1, -0.05) is 20.8 Å². The molecule has 17 heavy (non-hydrogen) atoms. The van der Waals surface area contributed by atoms with Gasteiger partial charge in [-0.15, -0.1) is 11.3 Å². The highest BCUT2D eigenvalue weighted by atomic mass is 79.9. The summed E-state index contributed by atoms with van der Waals surface area (Å²) >= 11 is 5.15. The zero-order valence-electron chi connectivity index (χ0n) is 10.2. The molecule has 0 radical (unpaired) electrons. The molecular weight excluding hydrogens is 302 g/mol. The molecule has 3 nitrogen and oxygen atoms in total. The molecule has 1 N–H and O–H groups in total. The fraction of sp³-hybridized carbons (Fsp3) is 0.583. The summed E-state index contributed by atoms with van der Waals surface area (Å²) in [5.74, 6) is 0. The van der Waals surface area contributed by atoms with Crippen LogP contribution < -0.4 is 0 Å². The highest BCUT2D eigenvalue weighted by Crippen LogP contribution is 2.46. The fourth-order valence-electron chi connectivity index (χ4n) is 2.41. The fourth-order valence-corrected chi connectivity index (χ4v) is 4.51. The Hall–Kier alpha value is -0.550. The second-order valence-electron chi connectivity index (χ2n) is 5.43. The van der Waals surface area contributed by atoms with E-state index < -0.39 is 6.09 Å². The van der Waals surface area contributed by atoms with E-state index in [9.17, 15) is 9.90 Å². The summed E-state index contributed by atoms with van der Waals surface area (Å²) in [4.78, 5) is 14.1. The Balaban J connectivity index is 2.49. The first-order chi connectivity index (χ1) is 7.80. The van der Waals surface area contributed by atoms with Crippen LogP contribution in [0.5, 0.6) is 0 Å². The number of amides is 1. The molecule has 1 aromatic heterocycles. The van der Waals surface area contributed by atoms with Crippen LogP contribution in [0.15, 0.2) is 9.85 Å². The van der Waals surface area contributed by atoms with Crippen molar-refractivity contribution in [2.75, 3.05) is 6.54 Å². The molecule has 94 valence electrons. The lowest BCUT2D eigenvalue weighted by atomic mass is 9.81. The van der Waals surface area contributed by atoms with Crippen LogP contribution in [-0.2, 0) is 6.42 Å². The Kier molecular flexibility index (Phi) is 3.25. The topological polar surface area (TPSA) is 40.5 Å². The van der Waals surface area contributed by atoms with Gasteiger partial charge in [-0.2, -0.15) is 0 Å². The van der Waals surface area contributed by atoms with Crippen molar-refractivity contribution in [3.63, 3.8) is 0 Å². The minimum atomic E-state index is -0.819. The predicted octanol–water partition coefficient (Wildman–Crippen LogP) is 4.13. The van der Waals surface area contributed by atoms with E-state index in [0.29, 0.717) is 6.54 Å². The lowest BCUT2D eigenvalue weighted by Gasteiger charge is -2.41. The molecule has 0 aromatic carbocycles. The summed E-state index contributed by atoms with van der Waals surface area (Å²) in [6, 6.07) is 2.08. The molecule has 1 unspecified atom stereocenters. The van der Waals surface area contributed by atoms with Crippen molar-refractivity contribution < 1.29 is 9.90 Å². The summed E-state index contributed by atoms with van der Waals surface area (Å²) in [5.41, 5.74) is 1.21. The summed E-state index contributed by atoms with van der Waals surface area (Å²) in [6.07, 6.45) is -0.00357. The second-order valence-corrected chi connectivity index (χ2v) is 7.90. The summed E-state index contributed by atoms with van der Waals surface area (Å²) in [6.45, 7) is 6.87. The van der Waals surface area contributed by atoms with E-state index >= 15 is 0 Å². The van der Waals surface area contributed by atoms with Gasteiger partial charge < -0.3 is 5.11 Å². The van der Waals surface area contributed by atoms with Crippen molar-refractivity contribution in [1.29, 1.82) is 0 Å². The Morgan fingerprint density at radius 1 is 1.59 bits per heavy atom. The van der Waals surface area contributed by atoms with E-state index in [1.54, 1.807) is 16.2 Å². The minimum Gasteiger partial charge on any atom is -0.465 e. The zero-order chi connectivity index (χ0) is 12.8. The van der Waals surface area contributed by atoms with E-state index in [0.717, 1.165) is 10.2 Å². The van der Waals surface area contributed by atoms with Gasteiger partial charge in [0, 0.05) is 11.4 Å². The van der Waals surface area contributed by atoms with Gasteiger partial charge in [0.1, 0.15) is 0 Å². The molecule has 1 atom stereocenters. The van der Waals surface area contributed by atoms with Crippen LogP contribution in [0.3, 0.4) is 0 Å². The molecule has 0 fully saturated rings. The molecule has 1 aliphatic rings. The highest BCUT2D eigenvalue weighted by molar-refractivity contribution is 9.11. The number of hydrogen-bond donors (Lipinski definition) is 1. The molecule has 1 amide bonds. The summed E-state index contributed by atoms with van der Waals surface area (Å²) in [5, 5.41) is 9.32. The smallest absolute Gasteiger partial charge is 0.407 e. The third-order valence-corrected chi connectivity index (χ3v) is 4.79. The first kappa shape index (κ1) is 12.9. The third-order valence-electron chi connectivity index (χ3n) is 3.06. The van der Waals surface area contributed by atoms with Crippen molar-refractivity contribution in [2.45, 2.75) is 33.2 Å². The molecule has 0 bridgehead atoms. The molecule has 0 saturated carbocycles. The van der Waals surface area contributed by atoms with E-state index in [-0.39, 0.29) is 11.5 Å². The van der Waals surface area contributed by atoms with Crippen LogP contribution >= 0.6 is 27.3 Å². The van der Waals surface area contributed by atoms with Crippen LogP contribution in [0.4, 0.5) is 4.79 Å². The van der Waals surface area contributed by atoms with Crippen molar-refractivity contribution in [3.05, 3.63) is 20.3 Å². The molecule has 1 aliphatic heterocycles. The maximum atomic E-state index is 11.3. The lowest BCUT2D eigenvalue weighted by Crippen LogP contribution is -2.44. The first-order valence-corrected chi connectivity index (χ1v) is 7.19. The number of carboxylic acid groups (broad SMARTS) is 1. The standard InChI is InChI=1S/C12H16BrNO2S/c1-12(2,3)10-9-7(6-8(13)17-9)4-5-14(10)11(15)16/h6,10H,4-5H2,1-3H3,(H,15,16). The van der Waals surface area contributed by atoms with Crippen LogP contribution in [0.25, 0.3) is 0 Å². The van der Waals surface area contributed by atoms with Gasteiger partial charge in [-0.3, -0.25) is 4.90 Å². The van der Waals surface area contributed by atoms with Gasteiger partial charge in [0.25, 0.3) is 0 Å². The Morgan fingerprint density at radius 2 is 2.24 bits per heavy atom. The van der Waals surface area contributed by atoms with Gasteiger partial charge >= 0.3 is 6.09 Å². The van der Waals surface area contributed by atoms with Crippen LogP contribution in [0, 0.1) is 5.41 Å². The van der Waals surface area contributed by atoms with Gasteiger partial charge in [-0.25, -0.2) is 4.79 Å². The number of halogens is 1. The number of thiophene rings is 1. The number of rotatable bonds is 0. The normalized spacial score (nSPS) is 20.2. The van der Waals surface area contributed by atoms with Gasteiger partial charge in [0.15, 0.2) is 0 Å². The monoisotopic (exact) mass is 317 g/mol. The largest absolute Gasteiger partial charge is 0.465 e. The third kappa shape index (κ3) is 2.36. The molecule has 0 aliphatic carbocycles. The van der Waals surface area contributed by atoms with Crippen LogP contribution in [0.2, 0.25) is 0 Å². The van der Waals surface area contributed by atoms with Gasteiger partial charge in [-0.05, 0) is 39.4 Å². The molecule has 0 saturated heterocycles. The second kappa shape index (κ2) is 4.28. The maximum Gasteiger partial charge on any atom is 0.407 e. The van der Waals surface area contributed by atoms with Crippen molar-refractivity contribution in [3.8, 4) is 0 Å². The molecule has 5 heteroatoms. The molecule has 1 aromatic rings. The number of carbonyl (C=O) groups is 1. The number of nitrogens with zero attached hydrogens (tertiary/aromatic N) is 1. The predicted molar refractivity (Wildman–Crippen MR) is 72.6 cm³/mol. The molecule has 2 heterocycles. The van der Waals surface area contributed by atoms with Crippen molar-refractivity contribution >= 4 is 33.4 Å². The SMILES string of the molecule is CC(C)(C)C1c2sc(Br)cc2CCN1C(=O)O. The van der Waals surface area contributed by atoms with Crippen molar-refractivity contribution in [1.82, 2.24) is 4.90 Å². The number of hydrogen-bond acceptors (Lipinski definition) is 2. The summed E-state index contributed by atoms with van der Waals surface area (Å²) in [7, 11) is 0. The minimum absolute atomic E-state index is 0.0416. The first-order valence-electron chi connectivity index (χ1n) is 5.58. The van der Waals surface area contributed by atoms with Gasteiger partial charge in [0.05, 0.1) is 9.83 Å². The quantitative estimate of drug-likeness (QED) is 0.781.